The van der Waals surface area contributed by atoms with Crippen molar-refractivity contribution < 1.29 is 9.84 Å². The molecule has 1 N–H and O–H groups in total. The molecule has 98 valence electrons. The lowest BCUT2D eigenvalue weighted by Gasteiger charge is -2.03. The number of aryl methyl sites for hydroxylation is 2. The van der Waals surface area contributed by atoms with Crippen molar-refractivity contribution in [1.29, 1.82) is 0 Å². The Bertz CT molecular complexity index is 675. The molecule has 0 aromatic heterocycles. The molecule has 2 rings (SSSR count). The molecular formula is C16H16O3. The Kier molecular flexibility index (Phi) is 3.56. The van der Waals surface area contributed by atoms with Gasteiger partial charge in [0, 0.05) is 0 Å². The van der Waals surface area contributed by atoms with Gasteiger partial charge in [-0.15, -0.1) is 0 Å². The first-order valence-electron chi connectivity index (χ1n) is 6.02. The van der Waals surface area contributed by atoms with Crippen LogP contribution in [0.25, 0.3) is 11.1 Å². The fourth-order valence-electron chi connectivity index (χ4n) is 2.06. The largest absolute Gasteiger partial charge is 0.502 e. The number of aromatic hydroxyl groups is 1. The Labute approximate surface area is 112 Å². The number of benzene rings is 1. The molecule has 3 nitrogen and oxygen atoms in total. The molecule has 0 saturated carbocycles. The van der Waals surface area contributed by atoms with E-state index in [0.717, 1.165) is 22.3 Å². The van der Waals surface area contributed by atoms with Crippen molar-refractivity contribution >= 4 is 0 Å². The Hall–Kier alpha value is -2.29. The molecule has 0 bridgehead atoms. The molecule has 0 radical (unpaired) electrons. The number of hydrogen-bond acceptors (Lipinski definition) is 3. The minimum Gasteiger partial charge on any atom is -0.502 e. The second-order valence-corrected chi connectivity index (χ2v) is 4.54. The second kappa shape index (κ2) is 5.14. The van der Waals surface area contributed by atoms with Crippen LogP contribution in [-0.4, -0.2) is 12.2 Å². The summed E-state index contributed by atoms with van der Waals surface area (Å²) in [5.74, 6) is -0.161. The van der Waals surface area contributed by atoms with Gasteiger partial charge in [-0.1, -0.05) is 29.8 Å². The van der Waals surface area contributed by atoms with E-state index in [2.05, 4.69) is 0 Å². The summed E-state index contributed by atoms with van der Waals surface area (Å²) < 4.78 is 5.03. The van der Waals surface area contributed by atoms with Gasteiger partial charge in [0.25, 0.3) is 0 Å². The van der Waals surface area contributed by atoms with Gasteiger partial charge in [0.1, 0.15) is 0 Å². The van der Waals surface area contributed by atoms with Gasteiger partial charge in [-0.2, -0.15) is 0 Å². The predicted octanol–water partition coefficient (Wildman–Crippen LogP) is 3.04. The van der Waals surface area contributed by atoms with Crippen molar-refractivity contribution in [2.75, 3.05) is 7.11 Å². The number of methoxy groups -OCH3 is 1. The molecule has 0 spiro atoms. The zero-order valence-corrected chi connectivity index (χ0v) is 11.2. The predicted molar refractivity (Wildman–Crippen MR) is 75.8 cm³/mol. The summed E-state index contributed by atoms with van der Waals surface area (Å²) >= 11 is 0. The molecule has 2 aromatic carbocycles. The summed E-state index contributed by atoms with van der Waals surface area (Å²) in [6.45, 7) is 3.89. The maximum absolute atomic E-state index is 11.9. The van der Waals surface area contributed by atoms with Gasteiger partial charge >= 0.3 is 0 Å². The summed E-state index contributed by atoms with van der Waals surface area (Å²) in [7, 11) is 1.43. The SMILES string of the molecule is COc1cc(C)c(-c2cccc(C)c2)cc(=O)c1O. The summed E-state index contributed by atoms with van der Waals surface area (Å²) in [5.41, 5.74) is 3.30. The monoisotopic (exact) mass is 256 g/mol. The third kappa shape index (κ3) is 2.60. The average molecular weight is 256 g/mol. The van der Waals surface area contributed by atoms with E-state index in [1.165, 1.54) is 13.2 Å². The summed E-state index contributed by atoms with van der Waals surface area (Å²) in [5, 5.41) is 9.77. The van der Waals surface area contributed by atoms with Crippen LogP contribution in [-0.2, 0) is 0 Å². The van der Waals surface area contributed by atoms with Gasteiger partial charge in [-0.05, 0) is 42.7 Å². The number of hydrogen-bond donors (Lipinski definition) is 1. The number of ether oxygens (including phenoxy) is 1. The van der Waals surface area contributed by atoms with Gasteiger partial charge in [0.15, 0.2) is 5.75 Å². The molecule has 3 heteroatoms. The lowest BCUT2D eigenvalue weighted by Crippen LogP contribution is -1.96. The van der Waals surface area contributed by atoms with Crippen molar-refractivity contribution in [3.05, 3.63) is 57.7 Å². The molecule has 0 saturated heterocycles. The Morgan fingerprint density at radius 3 is 2.47 bits per heavy atom. The van der Waals surface area contributed by atoms with E-state index >= 15 is 0 Å². The van der Waals surface area contributed by atoms with Gasteiger partial charge in [-0.3, -0.25) is 4.79 Å². The van der Waals surface area contributed by atoms with Crippen molar-refractivity contribution in [3.63, 3.8) is 0 Å². The lowest BCUT2D eigenvalue weighted by atomic mass is 10.0. The van der Waals surface area contributed by atoms with Crippen molar-refractivity contribution in [1.82, 2.24) is 0 Å². The Balaban J connectivity index is 2.76. The van der Waals surface area contributed by atoms with Crippen LogP contribution >= 0.6 is 0 Å². The van der Waals surface area contributed by atoms with Crippen LogP contribution in [0.4, 0.5) is 0 Å². The molecule has 0 fully saturated rings. The molecule has 19 heavy (non-hydrogen) atoms. The minimum absolute atomic E-state index is 0.196. The van der Waals surface area contributed by atoms with Crippen LogP contribution in [0.5, 0.6) is 11.5 Å². The summed E-state index contributed by atoms with van der Waals surface area (Å²) in [6, 6.07) is 11.0. The Morgan fingerprint density at radius 1 is 1.11 bits per heavy atom. The van der Waals surface area contributed by atoms with Gasteiger partial charge < -0.3 is 9.84 Å². The van der Waals surface area contributed by atoms with Crippen LogP contribution in [0.1, 0.15) is 11.1 Å². The standard InChI is InChI=1S/C16H16O3/c1-10-5-4-6-12(7-10)13-9-14(17)16(18)15(19-3)8-11(13)2/h4-9H,1-3H3,(H,17,18). The third-order valence-corrected chi connectivity index (χ3v) is 3.06. The maximum Gasteiger partial charge on any atom is 0.224 e. The van der Waals surface area contributed by atoms with Crippen LogP contribution < -0.4 is 10.2 Å². The molecule has 0 amide bonds. The van der Waals surface area contributed by atoms with E-state index in [1.807, 2.05) is 38.1 Å². The lowest BCUT2D eigenvalue weighted by molar-refractivity contribution is 0.372. The third-order valence-electron chi connectivity index (χ3n) is 3.06. The molecule has 0 atom stereocenters. The molecule has 0 aliphatic heterocycles. The fourth-order valence-corrected chi connectivity index (χ4v) is 2.06. The zero-order valence-electron chi connectivity index (χ0n) is 11.2. The van der Waals surface area contributed by atoms with Gasteiger partial charge in [0.2, 0.25) is 11.2 Å². The summed E-state index contributed by atoms with van der Waals surface area (Å²) in [6.07, 6.45) is 0. The van der Waals surface area contributed by atoms with E-state index in [0.29, 0.717) is 0 Å². The average Bonchev–Trinajstić information content (AvgIpc) is 2.50. The molecule has 0 unspecified atom stereocenters. The second-order valence-electron chi connectivity index (χ2n) is 4.54. The van der Waals surface area contributed by atoms with Crippen LogP contribution in [0.3, 0.4) is 0 Å². The summed E-state index contributed by atoms with van der Waals surface area (Å²) in [4.78, 5) is 11.9. The molecule has 0 aliphatic rings. The highest BCUT2D eigenvalue weighted by molar-refractivity contribution is 5.68. The Morgan fingerprint density at radius 2 is 1.84 bits per heavy atom. The quantitative estimate of drug-likeness (QED) is 0.898. The van der Waals surface area contributed by atoms with Crippen LogP contribution in [0.15, 0.2) is 41.2 Å². The number of rotatable bonds is 2. The van der Waals surface area contributed by atoms with Gasteiger partial charge in [0.05, 0.1) is 7.11 Å². The smallest absolute Gasteiger partial charge is 0.224 e. The first-order chi connectivity index (χ1) is 9.02. The highest BCUT2D eigenvalue weighted by Crippen LogP contribution is 2.28. The minimum atomic E-state index is -0.443. The molecule has 0 heterocycles. The van der Waals surface area contributed by atoms with E-state index in [9.17, 15) is 9.90 Å². The van der Waals surface area contributed by atoms with Gasteiger partial charge in [-0.25, -0.2) is 0 Å². The van der Waals surface area contributed by atoms with Crippen LogP contribution in [0, 0.1) is 13.8 Å². The van der Waals surface area contributed by atoms with Crippen molar-refractivity contribution in [2.24, 2.45) is 0 Å². The fraction of sp³-hybridized carbons (Fsp3) is 0.188. The normalized spacial score (nSPS) is 10.3. The van der Waals surface area contributed by atoms with Crippen molar-refractivity contribution in [3.8, 4) is 22.6 Å². The van der Waals surface area contributed by atoms with E-state index in [4.69, 9.17) is 4.74 Å². The first-order valence-corrected chi connectivity index (χ1v) is 6.02. The maximum atomic E-state index is 11.9. The van der Waals surface area contributed by atoms with Crippen LogP contribution in [0.2, 0.25) is 0 Å². The molecular weight excluding hydrogens is 240 g/mol. The topological polar surface area (TPSA) is 46.5 Å². The van der Waals surface area contributed by atoms with E-state index in [-0.39, 0.29) is 11.5 Å². The highest BCUT2D eigenvalue weighted by atomic mass is 16.5. The highest BCUT2D eigenvalue weighted by Gasteiger charge is 2.09. The zero-order chi connectivity index (χ0) is 14.0. The van der Waals surface area contributed by atoms with E-state index < -0.39 is 5.43 Å². The molecule has 2 aromatic rings. The van der Waals surface area contributed by atoms with Crippen molar-refractivity contribution in [2.45, 2.75) is 13.8 Å². The first kappa shape index (κ1) is 13.1. The van der Waals surface area contributed by atoms with E-state index in [1.54, 1.807) is 6.07 Å². The molecule has 0 aliphatic carbocycles.